The third-order valence-electron chi connectivity index (χ3n) is 3.72. The summed E-state index contributed by atoms with van der Waals surface area (Å²) in [7, 11) is 1.58. The van der Waals surface area contributed by atoms with Gasteiger partial charge in [0.2, 0.25) is 5.82 Å². The molecule has 2 aromatic heterocycles. The summed E-state index contributed by atoms with van der Waals surface area (Å²) < 4.78 is 11.0. The van der Waals surface area contributed by atoms with E-state index in [1.165, 1.54) is 4.80 Å². The molecule has 140 valence electrons. The number of ether oxygens (including phenoxy) is 2. The highest BCUT2D eigenvalue weighted by molar-refractivity contribution is 5.55. The van der Waals surface area contributed by atoms with Crippen molar-refractivity contribution in [3.8, 4) is 22.9 Å². The first-order chi connectivity index (χ1) is 13.2. The zero-order valence-electron chi connectivity index (χ0n) is 15.2. The Bertz CT molecular complexity index is 895. The Morgan fingerprint density at radius 1 is 1.26 bits per heavy atom. The van der Waals surface area contributed by atoms with Gasteiger partial charge in [0, 0.05) is 18.0 Å². The van der Waals surface area contributed by atoms with Gasteiger partial charge < -0.3 is 14.6 Å². The molecule has 0 aliphatic rings. The fourth-order valence-electron chi connectivity index (χ4n) is 2.46. The number of hydrogen-bond donors (Lipinski definition) is 1. The highest BCUT2D eigenvalue weighted by Gasteiger charge is 2.13. The van der Waals surface area contributed by atoms with Crippen LogP contribution in [0.3, 0.4) is 0 Å². The molecule has 1 atom stereocenters. The van der Waals surface area contributed by atoms with Crippen LogP contribution in [-0.2, 0) is 6.54 Å². The maximum atomic E-state index is 10.2. The smallest absolute Gasteiger partial charge is 0.206 e. The number of tetrazole rings is 1. The van der Waals surface area contributed by atoms with Crippen LogP contribution in [0.25, 0.3) is 17.5 Å². The number of allylic oxidation sites excluding steroid dienone is 1. The molecule has 0 bridgehead atoms. The van der Waals surface area contributed by atoms with Crippen LogP contribution in [0.2, 0.25) is 0 Å². The van der Waals surface area contributed by atoms with Crippen LogP contribution >= 0.6 is 0 Å². The van der Waals surface area contributed by atoms with E-state index in [4.69, 9.17) is 9.47 Å². The molecule has 0 fully saturated rings. The molecule has 1 aromatic carbocycles. The number of methoxy groups -OCH3 is 1. The van der Waals surface area contributed by atoms with Gasteiger partial charge in [0.1, 0.15) is 12.7 Å². The molecule has 3 rings (SSSR count). The summed E-state index contributed by atoms with van der Waals surface area (Å²) in [6, 6.07) is 9.25. The lowest BCUT2D eigenvalue weighted by Gasteiger charge is -2.14. The summed E-state index contributed by atoms with van der Waals surface area (Å²) in [4.78, 5) is 5.36. The van der Waals surface area contributed by atoms with E-state index in [1.807, 2.05) is 43.3 Å². The fourth-order valence-corrected chi connectivity index (χ4v) is 2.46. The predicted molar refractivity (Wildman–Crippen MR) is 100 cm³/mol. The minimum atomic E-state index is -0.805. The Morgan fingerprint density at radius 3 is 2.89 bits per heavy atom. The Balaban J connectivity index is 1.59. The molecule has 0 aliphatic heterocycles. The summed E-state index contributed by atoms with van der Waals surface area (Å²) in [6.07, 6.45) is 6.45. The summed E-state index contributed by atoms with van der Waals surface area (Å²) in [5.74, 6) is 1.63. The van der Waals surface area contributed by atoms with Crippen LogP contribution < -0.4 is 9.47 Å². The first-order valence-electron chi connectivity index (χ1n) is 8.49. The second-order valence-corrected chi connectivity index (χ2v) is 5.78. The Morgan fingerprint density at radius 2 is 2.15 bits per heavy atom. The van der Waals surface area contributed by atoms with Crippen LogP contribution in [0, 0.1) is 0 Å². The average Bonchev–Trinajstić information content (AvgIpc) is 3.16. The number of rotatable bonds is 8. The van der Waals surface area contributed by atoms with Gasteiger partial charge in [-0.05, 0) is 42.0 Å². The van der Waals surface area contributed by atoms with Crippen LogP contribution in [0.1, 0.15) is 12.5 Å². The van der Waals surface area contributed by atoms with E-state index in [-0.39, 0.29) is 13.2 Å². The number of pyridine rings is 1. The van der Waals surface area contributed by atoms with Crippen molar-refractivity contribution in [1.29, 1.82) is 0 Å². The van der Waals surface area contributed by atoms with Gasteiger partial charge in [-0.3, -0.25) is 4.98 Å². The van der Waals surface area contributed by atoms with Crippen molar-refractivity contribution in [2.24, 2.45) is 0 Å². The molecule has 0 saturated carbocycles. The Hall–Kier alpha value is -3.26. The lowest BCUT2D eigenvalue weighted by molar-refractivity contribution is 0.0836. The highest BCUT2D eigenvalue weighted by Crippen LogP contribution is 2.28. The maximum Gasteiger partial charge on any atom is 0.206 e. The van der Waals surface area contributed by atoms with Gasteiger partial charge in [-0.2, -0.15) is 4.80 Å². The molecule has 3 aromatic rings. The van der Waals surface area contributed by atoms with E-state index in [0.29, 0.717) is 17.3 Å². The van der Waals surface area contributed by atoms with Gasteiger partial charge in [-0.1, -0.05) is 18.2 Å². The standard InChI is InChI=1S/C19H21N5O3/c1-3-5-14-7-8-17(18(10-14)26-2)27-13-16(25)12-24-22-19(21-23-24)15-6-4-9-20-11-15/h3-11,16,25H,12-13H2,1-2H3/b5-3+. The van der Waals surface area contributed by atoms with E-state index in [9.17, 15) is 5.11 Å². The van der Waals surface area contributed by atoms with Crippen molar-refractivity contribution >= 4 is 6.08 Å². The lowest BCUT2D eigenvalue weighted by atomic mass is 10.2. The normalized spacial score (nSPS) is 12.3. The Kier molecular flexibility index (Phi) is 6.11. The zero-order valence-corrected chi connectivity index (χ0v) is 15.2. The molecule has 0 saturated heterocycles. The van der Waals surface area contributed by atoms with Gasteiger partial charge in [0.15, 0.2) is 11.5 Å². The molecule has 0 aliphatic carbocycles. The van der Waals surface area contributed by atoms with Crippen LogP contribution in [0.5, 0.6) is 11.5 Å². The number of nitrogens with zero attached hydrogens (tertiary/aromatic N) is 5. The van der Waals surface area contributed by atoms with E-state index in [1.54, 1.807) is 25.6 Å². The fraction of sp³-hybridized carbons (Fsp3) is 0.263. The third kappa shape index (κ3) is 4.89. The summed E-state index contributed by atoms with van der Waals surface area (Å²) in [6.45, 7) is 2.18. The second-order valence-electron chi connectivity index (χ2n) is 5.78. The second kappa shape index (κ2) is 8.91. The summed E-state index contributed by atoms with van der Waals surface area (Å²) >= 11 is 0. The minimum absolute atomic E-state index is 0.0725. The van der Waals surface area contributed by atoms with Gasteiger partial charge >= 0.3 is 0 Å². The van der Waals surface area contributed by atoms with Gasteiger partial charge in [0.05, 0.1) is 13.7 Å². The molecular formula is C19H21N5O3. The molecular weight excluding hydrogens is 346 g/mol. The van der Waals surface area contributed by atoms with Gasteiger partial charge in [-0.15, -0.1) is 10.2 Å². The summed E-state index contributed by atoms with van der Waals surface area (Å²) in [5.41, 5.74) is 1.78. The minimum Gasteiger partial charge on any atom is -0.493 e. The molecule has 8 nitrogen and oxygen atoms in total. The molecule has 8 heteroatoms. The number of benzene rings is 1. The van der Waals surface area contributed by atoms with E-state index in [0.717, 1.165) is 11.1 Å². The first-order valence-corrected chi connectivity index (χ1v) is 8.49. The molecule has 2 heterocycles. The van der Waals surface area contributed by atoms with E-state index in [2.05, 4.69) is 20.4 Å². The topological polar surface area (TPSA) is 95.2 Å². The number of aliphatic hydroxyl groups is 1. The molecule has 0 spiro atoms. The van der Waals surface area contributed by atoms with Crippen LogP contribution in [0.15, 0.2) is 48.8 Å². The average molecular weight is 367 g/mol. The largest absolute Gasteiger partial charge is 0.493 e. The highest BCUT2D eigenvalue weighted by atomic mass is 16.5. The number of aromatic nitrogens is 5. The summed E-state index contributed by atoms with van der Waals surface area (Å²) in [5, 5.41) is 22.4. The lowest BCUT2D eigenvalue weighted by Crippen LogP contribution is -2.25. The molecule has 1 N–H and O–H groups in total. The molecule has 27 heavy (non-hydrogen) atoms. The van der Waals surface area contributed by atoms with Crippen LogP contribution in [-0.4, -0.2) is 50.1 Å². The predicted octanol–water partition coefficient (Wildman–Crippen LogP) is 2.22. The van der Waals surface area contributed by atoms with Crippen molar-refractivity contribution in [2.75, 3.05) is 13.7 Å². The van der Waals surface area contributed by atoms with Gasteiger partial charge in [-0.25, -0.2) is 0 Å². The van der Waals surface area contributed by atoms with Crippen molar-refractivity contribution in [1.82, 2.24) is 25.2 Å². The third-order valence-corrected chi connectivity index (χ3v) is 3.72. The van der Waals surface area contributed by atoms with Crippen molar-refractivity contribution in [3.63, 3.8) is 0 Å². The Labute approximate surface area is 157 Å². The van der Waals surface area contributed by atoms with Crippen molar-refractivity contribution in [3.05, 3.63) is 54.4 Å². The number of aliphatic hydroxyl groups excluding tert-OH is 1. The first kappa shape index (κ1) is 18.5. The van der Waals surface area contributed by atoms with Crippen LogP contribution in [0.4, 0.5) is 0 Å². The zero-order chi connectivity index (χ0) is 19.1. The molecule has 0 amide bonds. The SMILES string of the molecule is C/C=C/c1ccc(OCC(O)Cn2nnc(-c3cccnc3)n2)c(OC)c1. The molecule has 1 unspecified atom stereocenters. The molecule has 0 radical (unpaired) electrons. The maximum absolute atomic E-state index is 10.2. The van der Waals surface area contributed by atoms with Crippen molar-refractivity contribution in [2.45, 2.75) is 19.6 Å². The van der Waals surface area contributed by atoms with E-state index >= 15 is 0 Å². The number of hydrogen-bond acceptors (Lipinski definition) is 7. The van der Waals surface area contributed by atoms with Crippen molar-refractivity contribution < 1.29 is 14.6 Å². The quantitative estimate of drug-likeness (QED) is 0.652. The monoisotopic (exact) mass is 367 g/mol. The van der Waals surface area contributed by atoms with E-state index < -0.39 is 6.10 Å². The van der Waals surface area contributed by atoms with Gasteiger partial charge in [0.25, 0.3) is 0 Å².